The smallest absolute Gasteiger partial charge is 0.332 e. The highest BCUT2D eigenvalue weighted by Crippen LogP contribution is 2.28. The van der Waals surface area contributed by atoms with E-state index in [0.29, 0.717) is 55.7 Å². The van der Waals surface area contributed by atoms with Crippen molar-refractivity contribution in [2.24, 2.45) is 28.8 Å². The van der Waals surface area contributed by atoms with Crippen molar-refractivity contribution in [2.45, 2.75) is 155 Å². The summed E-state index contributed by atoms with van der Waals surface area (Å²) in [6.45, 7) is 2.06. The van der Waals surface area contributed by atoms with Crippen molar-refractivity contribution in [3.8, 4) is 0 Å². The zero-order valence-electron chi connectivity index (χ0n) is 28.8. The molecule has 0 amide bonds. The lowest BCUT2D eigenvalue weighted by molar-refractivity contribution is 0.294. The highest BCUT2D eigenvalue weighted by molar-refractivity contribution is 5.55. The van der Waals surface area contributed by atoms with E-state index in [-0.39, 0.29) is 28.4 Å². The van der Waals surface area contributed by atoms with Gasteiger partial charge in [-0.25, -0.2) is 9.59 Å². The van der Waals surface area contributed by atoms with Crippen molar-refractivity contribution in [1.29, 1.82) is 0 Å². The molecule has 4 aliphatic rings. The summed E-state index contributed by atoms with van der Waals surface area (Å²) >= 11 is 0. The predicted octanol–water partition coefficient (Wildman–Crippen LogP) is 5.90. The molecule has 4 fully saturated rings. The van der Waals surface area contributed by atoms with Crippen molar-refractivity contribution < 1.29 is 0 Å². The van der Waals surface area contributed by atoms with Crippen LogP contribution in [-0.4, -0.2) is 18.3 Å². The summed E-state index contributed by atoms with van der Waals surface area (Å²) in [6.07, 6.45) is 23.2. The molecule has 2 heterocycles. The van der Waals surface area contributed by atoms with Gasteiger partial charge in [0, 0.05) is 32.2 Å². The zero-order chi connectivity index (χ0) is 34.0. The molecule has 0 spiro atoms. The van der Waals surface area contributed by atoms with E-state index in [1.807, 2.05) is 0 Å². The number of hydrogen-bond acceptors (Lipinski definition) is 8. The Morgan fingerprint density at radius 3 is 1.29 bits per heavy atom. The van der Waals surface area contributed by atoms with Crippen molar-refractivity contribution in [3.05, 3.63) is 52.6 Å². The molecule has 2 aromatic rings. The minimum Gasteiger partial charge on any atom is -0.385 e. The van der Waals surface area contributed by atoms with Gasteiger partial charge in [0.05, 0.1) is 0 Å². The summed E-state index contributed by atoms with van der Waals surface area (Å²) in [7, 11) is 0. The van der Waals surface area contributed by atoms with E-state index in [1.54, 1.807) is 4.57 Å². The lowest BCUT2D eigenvalue weighted by atomic mass is 9.89. The first-order chi connectivity index (χ1) is 23.3. The van der Waals surface area contributed by atoms with Gasteiger partial charge in [-0.05, 0) is 80.2 Å². The number of hydrogen-bond donors (Lipinski definition) is 2. The molecule has 4 aliphatic carbocycles. The number of nitrogen functional groups attached to an aromatic ring is 2. The summed E-state index contributed by atoms with van der Waals surface area (Å²) < 4.78 is 5.68. The molecule has 0 aromatic carbocycles. The molecular formula is C36H57N7O5. The van der Waals surface area contributed by atoms with Gasteiger partial charge < -0.3 is 11.5 Å². The third-order valence-corrected chi connectivity index (χ3v) is 11.5. The Labute approximate surface area is 282 Å². The minimum atomic E-state index is -0.636. The van der Waals surface area contributed by atoms with E-state index in [4.69, 9.17) is 11.5 Å². The summed E-state index contributed by atoms with van der Waals surface area (Å²) in [5.74, 6) is 1.91. The van der Waals surface area contributed by atoms with Crippen LogP contribution < -0.4 is 34.0 Å². The van der Waals surface area contributed by atoms with Crippen molar-refractivity contribution in [2.75, 3.05) is 11.5 Å². The second kappa shape index (κ2) is 17.3. The highest BCUT2D eigenvalue weighted by atomic mass is 16.3. The molecular weight excluding hydrogens is 610 g/mol. The quantitative estimate of drug-likeness (QED) is 0.314. The largest absolute Gasteiger partial charge is 0.385 e. The molecule has 0 radical (unpaired) electrons. The number of nitrogens with zero attached hydrogens (tertiary/aromatic N) is 5. The molecule has 0 atom stereocenters. The second-order valence-electron chi connectivity index (χ2n) is 15.1. The van der Waals surface area contributed by atoms with Gasteiger partial charge in [-0.2, -0.15) is 0 Å². The molecule has 4 saturated carbocycles. The Kier molecular flexibility index (Phi) is 12.9. The van der Waals surface area contributed by atoms with Crippen LogP contribution >= 0.6 is 0 Å². The maximum Gasteiger partial charge on any atom is 0.332 e. The monoisotopic (exact) mass is 667 g/mol. The van der Waals surface area contributed by atoms with Crippen LogP contribution in [0.4, 0.5) is 17.3 Å². The average molecular weight is 668 g/mol. The topological polar surface area (TPSA) is 169 Å². The Bertz CT molecular complexity index is 1600. The maximum atomic E-state index is 12.9. The van der Waals surface area contributed by atoms with Crippen molar-refractivity contribution in [1.82, 2.24) is 18.3 Å². The Hall–Kier alpha value is -3.44. The Morgan fingerprint density at radius 1 is 0.521 bits per heavy atom. The van der Waals surface area contributed by atoms with Crippen molar-refractivity contribution >= 4 is 17.3 Å². The van der Waals surface area contributed by atoms with Gasteiger partial charge in [-0.3, -0.25) is 27.9 Å². The second-order valence-corrected chi connectivity index (χ2v) is 15.1. The van der Waals surface area contributed by atoms with Crippen molar-refractivity contribution in [3.63, 3.8) is 0 Å². The van der Waals surface area contributed by atoms with E-state index in [2.05, 4.69) is 5.18 Å². The Morgan fingerprint density at radius 2 is 0.875 bits per heavy atom. The third-order valence-electron chi connectivity index (χ3n) is 11.5. The summed E-state index contributed by atoms with van der Waals surface area (Å²) in [6, 6.07) is 1.44. The SMILES string of the molecule is Nc1c(N=O)c(=O)n(CC2CCCCC2)c(=O)n1CC1CCCCC1.Nc1cc(=O)n(CC2CCCCC2)c(=O)n1CC1CCCCC1. The Balaban J connectivity index is 0.000000188. The fraction of sp³-hybridized carbons (Fsp3) is 0.778. The number of nitrogens with two attached hydrogens (primary N) is 2. The normalized spacial score (nSPS) is 20.2. The highest BCUT2D eigenvalue weighted by Gasteiger charge is 2.24. The van der Waals surface area contributed by atoms with Crippen LogP contribution in [0.3, 0.4) is 0 Å². The van der Waals surface area contributed by atoms with Gasteiger partial charge >= 0.3 is 11.4 Å². The maximum absolute atomic E-state index is 12.9. The van der Waals surface area contributed by atoms with E-state index in [1.165, 1.54) is 71.1 Å². The zero-order valence-corrected chi connectivity index (χ0v) is 28.8. The van der Waals surface area contributed by atoms with Gasteiger partial charge in [0.1, 0.15) is 11.6 Å². The molecule has 0 unspecified atom stereocenters. The van der Waals surface area contributed by atoms with Crippen LogP contribution in [-0.2, 0) is 26.2 Å². The van der Waals surface area contributed by atoms with Crippen LogP contribution in [0.5, 0.6) is 0 Å². The van der Waals surface area contributed by atoms with Crippen LogP contribution in [0, 0.1) is 28.6 Å². The molecule has 12 heteroatoms. The summed E-state index contributed by atoms with van der Waals surface area (Å²) in [5, 5.41) is 2.85. The molecule has 4 N–H and O–H groups in total. The summed E-state index contributed by atoms with van der Waals surface area (Å²) in [5.41, 5.74) is 10.2. The first kappa shape index (κ1) is 35.9. The minimum absolute atomic E-state index is 0.0736. The van der Waals surface area contributed by atoms with Crippen LogP contribution in [0.1, 0.15) is 128 Å². The lowest BCUT2D eigenvalue weighted by Gasteiger charge is -2.25. The average Bonchev–Trinajstić information content (AvgIpc) is 3.11. The predicted molar refractivity (Wildman–Crippen MR) is 191 cm³/mol. The number of aromatic nitrogens is 4. The summed E-state index contributed by atoms with van der Waals surface area (Å²) in [4.78, 5) is 61.7. The molecule has 48 heavy (non-hydrogen) atoms. The molecule has 2 aromatic heterocycles. The van der Waals surface area contributed by atoms with E-state index in [9.17, 15) is 24.1 Å². The van der Waals surface area contributed by atoms with Crippen LogP contribution in [0.25, 0.3) is 0 Å². The number of anilines is 2. The number of rotatable bonds is 9. The first-order valence-electron chi connectivity index (χ1n) is 18.8. The van der Waals surface area contributed by atoms with Gasteiger partial charge in [-0.1, -0.05) is 77.0 Å². The molecule has 6 rings (SSSR count). The van der Waals surface area contributed by atoms with Gasteiger partial charge in [-0.15, -0.1) is 4.91 Å². The molecule has 0 bridgehead atoms. The van der Waals surface area contributed by atoms with Crippen LogP contribution in [0.2, 0.25) is 0 Å². The molecule has 266 valence electrons. The molecule has 0 saturated heterocycles. The van der Waals surface area contributed by atoms with Gasteiger partial charge in [0.2, 0.25) is 5.69 Å². The van der Waals surface area contributed by atoms with Crippen LogP contribution in [0.15, 0.2) is 30.4 Å². The fourth-order valence-electron chi connectivity index (χ4n) is 8.62. The van der Waals surface area contributed by atoms with E-state index < -0.39 is 5.56 Å². The standard InChI is InChI=1S/C18H28N4O3.C18H29N3O2/c19-16-15(20-25)17(23)22(12-14-9-5-2-6-10-14)18(24)21(16)11-13-7-3-1-4-8-13;19-16-11-17(22)21(13-15-9-5-2-6-10-15)18(23)20(16)12-14-7-3-1-4-8-14/h13-14H,1-12,19H2;11,14-15H,1-10,12-13,19H2. The van der Waals surface area contributed by atoms with E-state index >= 15 is 0 Å². The van der Waals surface area contributed by atoms with Gasteiger partial charge in [0.25, 0.3) is 11.1 Å². The first-order valence-corrected chi connectivity index (χ1v) is 18.8. The fourth-order valence-corrected chi connectivity index (χ4v) is 8.62. The van der Waals surface area contributed by atoms with E-state index in [0.717, 1.165) is 77.0 Å². The van der Waals surface area contributed by atoms with Gasteiger partial charge in [0.15, 0.2) is 0 Å². The third kappa shape index (κ3) is 8.96. The molecule has 12 nitrogen and oxygen atoms in total. The molecule has 0 aliphatic heterocycles. The lowest BCUT2D eigenvalue weighted by Crippen LogP contribution is -2.43. The number of nitroso groups, excluding NO2 is 1.